The van der Waals surface area contributed by atoms with Crippen LogP contribution in [0.5, 0.6) is 11.5 Å². The minimum absolute atomic E-state index is 0.0213. The largest absolute Gasteiger partial charge is 0.486 e. The van der Waals surface area contributed by atoms with Gasteiger partial charge in [0, 0.05) is 16.7 Å². The highest BCUT2D eigenvalue weighted by atomic mass is 35.5. The van der Waals surface area contributed by atoms with Gasteiger partial charge in [-0.15, -0.1) is 0 Å². The summed E-state index contributed by atoms with van der Waals surface area (Å²) in [6.07, 6.45) is 4.44. The van der Waals surface area contributed by atoms with Crippen LogP contribution in [0.3, 0.4) is 0 Å². The molecule has 21 heavy (non-hydrogen) atoms. The lowest BCUT2D eigenvalue weighted by Gasteiger charge is -2.23. The molecule has 0 radical (unpaired) electrons. The first-order chi connectivity index (χ1) is 10.3. The Kier molecular flexibility index (Phi) is 4.36. The number of benzene rings is 1. The molecule has 0 bridgehead atoms. The fraction of sp³-hybridized carbons (Fsp3) is 0.375. The highest BCUT2D eigenvalue weighted by Gasteiger charge is 2.22. The van der Waals surface area contributed by atoms with Gasteiger partial charge in [-0.3, -0.25) is 0 Å². The molecule has 1 aliphatic heterocycles. The number of halogens is 1. The highest BCUT2D eigenvalue weighted by molar-refractivity contribution is 6.31. The lowest BCUT2D eigenvalue weighted by Crippen LogP contribution is -2.24. The number of nitrogens with one attached hydrogen (secondary N) is 1. The summed E-state index contributed by atoms with van der Waals surface area (Å²) in [7, 11) is 0. The van der Waals surface area contributed by atoms with Crippen LogP contribution < -0.4 is 14.8 Å². The molecule has 4 nitrogen and oxygen atoms in total. The zero-order chi connectivity index (χ0) is 14.7. The first-order valence-electron chi connectivity index (χ1n) is 7.14. The van der Waals surface area contributed by atoms with Crippen LogP contribution in [0, 0.1) is 0 Å². The van der Waals surface area contributed by atoms with E-state index in [0.717, 1.165) is 29.8 Å². The summed E-state index contributed by atoms with van der Waals surface area (Å²) in [5.41, 5.74) is 2.01. The van der Waals surface area contributed by atoms with Gasteiger partial charge >= 0.3 is 0 Å². The Morgan fingerprint density at radius 3 is 2.67 bits per heavy atom. The van der Waals surface area contributed by atoms with Gasteiger partial charge in [-0.25, -0.2) is 0 Å². The topological polar surface area (TPSA) is 43.6 Å². The molecule has 0 aliphatic carbocycles. The van der Waals surface area contributed by atoms with Crippen molar-refractivity contribution in [2.45, 2.75) is 19.4 Å². The van der Waals surface area contributed by atoms with Crippen LogP contribution in [0.25, 0.3) is 0 Å². The van der Waals surface area contributed by atoms with Gasteiger partial charge in [-0.2, -0.15) is 0 Å². The fourth-order valence-electron chi connectivity index (χ4n) is 2.44. The van der Waals surface area contributed by atoms with Gasteiger partial charge in [0.25, 0.3) is 0 Å². The molecule has 1 atom stereocenters. The lowest BCUT2D eigenvalue weighted by molar-refractivity contribution is 0.171. The van der Waals surface area contributed by atoms with Crippen LogP contribution in [0.1, 0.15) is 30.5 Å². The predicted octanol–water partition coefficient (Wildman–Crippen LogP) is 3.79. The molecule has 5 heteroatoms. The van der Waals surface area contributed by atoms with Crippen molar-refractivity contribution in [2.75, 3.05) is 19.8 Å². The Labute approximate surface area is 129 Å². The van der Waals surface area contributed by atoms with Crippen LogP contribution in [0.4, 0.5) is 0 Å². The van der Waals surface area contributed by atoms with E-state index in [1.165, 1.54) is 0 Å². The summed E-state index contributed by atoms with van der Waals surface area (Å²) >= 11 is 6.45. The molecule has 1 aromatic heterocycles. The third-order valence-corrected chi connectivity index (χ3v) is 3.77. The molecule has 2 heterocycles. The number of hydrogen-bond acceptors (Lipinski definition) is 4. The smallest absolute Gasteiger partial charge is 0.162 e. The summed E-state index contributed by atoms with van der Waals surface area (Å²) in [5, 5.41) is 4.16. The molecule has 1 aliphatic rings. The Hall–Kier alpha value is -1.65. The standard InChI is InChI=1S/C16H18ClNO3/c1-2-4-18-16(11-3-5-19-10-11)12-8-14-15(9-13(12)17)21-7-6-20-14/h3,5,8-10,16,18H,2,4,6-7H2,1H3. The maximum absolute atomic E-state index is 6.45. The molecule has 0 fully saturated rings. The minimum Gasteiger partial charge on any atom is -0.486 e. The third kappa shape index (κ3) is 3.01. The summed E-state index contributed by atoms with van der Waals surface area (Å²) in [5.74, 6) is 1.45. The zero-order valence-corrected chi connectivity index (χ0v) is 12.7. The van der Waals surface area contributed by atoms with E-state index >= 15 is 0 Å². The van der Waals surface area contributed by atoms with E-state index in [2.05, 4.69) is 12.2 Å². The SMILES string of the molecule is CCCNC(c1ccoc1)c1cc2c(cc1Cl)OCCO2. The predicted molar refractivity (Wildman–Crippen MR) is 81.3 cm³/mol. The van der Waals surface area contributed by atoms with Gasteiger partial charge in [0.1, 0.15) is 13.2 Å². The maximum Gasteiger partial charge on any atom is 0.162 e. The third-order valence-electron chi connectivity index (χ3n) is 3.45. The zero-order valence-electron chi connectivity index (χ0n) is 11.9. The first-order valence-corrected chi connectivity index (χ1v) is 7.52. The molecule has 1 aromatic carbocycles. The number of fused-ring (bicyclic) bond motifs is 1. The van der Waals surface area contributed by atoms with Gasteiger partial charge in [0.15, 0.2) is 11.5 Å². The van der Waals surface area contributed by atoms with Crippen molar-refractivity contribution >= 4 is 11.6 Å². The average Bonchev–Trinajstić information content (AvgIpc) is 3.02. The van der Waals surface area contributed by atoms with Crippen molar-refractivity contribution in [1.82, 2.24) is 5.32 Å². The van der Waals surface area contributed by atoms with Crippen LogP contribution in [0.2, 0.25) is 5.02 Å². The second-order valence-electron chi connectivity index (χ2n) is 4.96. The van der Waals surface area contributed by atoms with Crippen molar-refractivity contribution in [2.24, 2.45) is 0 Å². The van der Waals surface area contributed by atoms with Crippen LogP contribution in [0.15, 0.2) is 35.1 Å². The molecule has 0 saturated carbocycles. The number of furan rings is 1. The van der Waals surface area contributed by atoms with E-state index in [1.54, 1.807) is 12.5 Å². The van der Waals surface area contributed by atoms with Crippen molar-refractivity contribution in [3.05, 3.63) is 46.9 Å². The summed E-state index contributed by atoms with van der Waals surface area (Å²) in [6.45, 7) is 4.14. The Balaban J connectivity index is 1.98. The molecule has 1 N–H and O–H groups in total. The van der Waals surface area contributed by atoms with Gasteiger partial charge in [-0.05, 0) is 30.7 Å². The first kappa shape index (κ1) is 14.3. The molecule has 0 amide bonds. The monoisotopic (exact) mass is 307 g/mol. The molecule has 3 rings (SSSR count). The maximum atomic E-state index is 6.45. The Morgan fingerprint density at radius 1 is 1.24 bits per heavy atom. The second kappa shape index (κ2) is 6.41. The van der Waals surface area contributed by atoms with Crippen LogP contribution >= 0.6 is 11.6 Å². The van der Waals surface area contributed by atoms with Crippen molar-refractivity contribution in [1.29, 1.82) is 0 Å². The Morgan fingerprint density at radius 2 is 2.00 bits per heavy atom. The van der Waals surface area contributed by atoms with Gasteiger partial charge in [-0.1, -0.05) is 18.5 Å². The summed E-state index contributed by atoms with van der Waals surface area (Å²) < 4.78 is 16.4. The summed E-state index contributed by atoms with van der Waals surface area (Å²) in [4.78, 5) is 0. The molecular formula is C16H18ClNO3. The van der Waals surface area contributed by atoms with Crippen molar-refractivity contribution in [3.8, 4) is 11.5 Å². The lowest BCUT2D eigenvalue weighted by atomic mass is 10.00. The number of ether oxygens (including phenoxy) is 2. The second-order valence-corrected chi connectivity index (χ2v) is 5.37. The normalized spacial score (nSPS) is 15.0. The molecular weight excluding hydrogens is 290 g/mol. The number of hydrogen-bond donors (Lipinski definition) is 1. The average molecular weight is 308 g/mol. The van der Waals surface area contributed by atoms with Crippen molar-refractivity contribution < 1.29 is 13.9 Å². The fourth-order valence-corrected chi connectivity index (χ4v) is 2.70. The van der Waals surface area contributed by atoms with E-state index in [1.807, 2.05) is 18.2 Å². The molecule has 1 unspecified atom stereocenters. The van der Waals surface area contributed by atoms with E-state index < -0.39 is 0 Å². The number of rotatable bonds is 5. The van der Waals surface area contributed by atoms with E-state index in [0.29, 0.717) is 24.0 Å². The Bertz CT molecular complexity index is 598. The molecule has 0 spiro atoms. The quantitative estimate of drug-likeness (QED) is 0.912. The van der Waals surface area contributed by atoms with Crippen molar-refractivity contribution in [3.63, 3.8) is 0 Å². The molecule has 2 aromatic rings. The van der Waals surface area contributed by atoms with E-state index in [-0.39, 0.29) is 6.04 Å². The van der Waals surface area contributed by atoms with Gasteiger partial charge < -0.3 is 19.2 Å². The molecule has 0 saturated heterocycles. The minimum atomic E-state index is -0.0213. The highest BCUT2D eigenvalue weighted by Crippen LogP contribution is 2.39. The van der Waals surface area contributed by atoms with Gasteiger partial charge in [0.2, 0.25) is 0 Å². The van der Waals surface area contributed by atoms with Crippen LogP contribution in [-0.2, 0) is 0 Å². The van der Waals surface area contributed by atoms with E-state index in [9.17, 15) is 0 Å². The molecule has 112 valence electrons. The van der Waals surface area contributed by atoms with Crippen LogP contribution in [-0.4, -0.2) is 19.8 Å². The van der Waals surface area contributed by atoms with E-state index in [4.69, 9.17) is 25.5 Å². The summed E-state index contributed by atoms with van der Waals surface area (Å²) in [6, 6.07) is 5.70. The van der Waals surface area contributed by atoms with Gasteiger partial charge in [0.05, 0.1) is 18.6 Å².